The maximum atomic E-state index is 2.77. The molecule has 2 saturated carbocycles. The van der Waals surface area contributed by atoms with Gasteiger partial charge in [0.05, 0.1) is 16.1 Å². The minimum absolute atomic E-state index is 0.531. The quantitative estimate of drug-likeness (QED) is 0.122. The highest BCUT2D eigenvalue weighted by molar-refractivity contribution is 6.89. The molecule has 0 saturated heterocycles. The van der Waals surface area contributed by atoms with Crippen molar-refractivity contribution >= 4 is 70.8 Å². The molecule has 62 heavy (non-hydrogen) atoms. The van der Waals surface area contributed by atoms with E-state index in [9.17, 15) is 0 Å². The zero-order chi connectivity index (χ0) is 42.3. The summed E-state index contributed by atoms with van der Waals surface area (Å²) in [6.07, 6.45) is 12.9. The summed E-state index contributed by atoms with van der Waals surface area (Å²) in [6, 6.07) is 54.4. The lowest BCUT2D eigenvalue weighted by atomic mass is 9.76. The number of hydrogen-bond donors (Lipinski definition) is 0. The SMILES string of the molecule is C[Si](C)(C)c1ccc(-c2c3ccc(N4c5ccccc5CC5CCCCC54)cc3c(-c3ccc([Si](C)(C)C)cc3)c3ccc(N4c5ccccc5CC5CCCCC54)cc23)cc1. The molecule has 0 aromatic heterocycles. The van der Waals surface area contributed by atoms with E-state index in [0.29, 0.717) is 23.9 Å². The summed E-state index contributed by atoms with van der Waals surface area (Å²) in [5.74, 6) is 1.39. The van der Waals surface area contributed by atoms with Crippen LogP contribution in [0.4, 0.5) is 22.7 Å². The Labute approximate surface area is 373 Å². The maximum absolute atomic E-state index is 2.77. The van der Waals surface area contributed by atoms with E-state index in [2.05, 4.69) is 183 Å². The maximum Gasteiger partial charge on any atom is 0.0775 e. The van der Waals surface area contributed by atoms with Crippen LogP contribution >= 0.6 is 0 Å². The molecule has 2 fully saturated rings. The van der Waals surface area contributed by atoms with E-state index in [1.54, 1.807) is 0 Å². The van der Waals surface area contributed by atoms with Crippen LogP contribution in [0, 0.1) is 11.8 Å². The van der Waals surface area contributed by atoms with E-state index in [-0.39, 0.29) is 0 Å². The Hall–Kier alpha value is -4.91. The van der Waals surface area contributed by atoms with Crippen molar-refractivity contribution in [2.24, 2.45) is 11.8 Å². The van der Waals surface area contributed by atoms with E-state index >= 15 is 0 Å². The van der Waals surface area contributed by atoms with Crippen LogP contribution in [0.1, 0.15) is 62.5 Å². The summed E-state index contributed by atoms with van der Waals surface area (Å²) in [7, 11) is -2.99. The molecule has 4 unspecified atom stereocenters. The highest BCUT2D eigenvalue weighted by Gasteiger charge is 2.38. The van der Waals surface area contributed by atoms with Gasteiger partial charge in [0.15, 0.2) is 0 Å². The molecule has 2 nitrogen and oxygen atoms in total. The molecule has 11 rings (SSSR count). The van der Waals surface area contributed by atoms with E-state index < -0.39 is 16.1 Å². The normalized spacial score (nSPS) is 21.3. The fourth-order valence-electron chi connectivity index (χ4n) is 12.4. The molecule has 2 heterocycles. The zero-order valence-corrected chi connectivity index (χ0v) is 40.0. The lowest BCUT2D eigenvalue weighted by molar-refractivity contribution is 0.293. The Morgan fingerprint density at radius 2 is 0.790 bits per heavy atom. The molecule has 4 aliphatic rings. The molecule has 2 aliphatic carbocycles. The van der Waals surface area contributed by atoms with E-state index in [1.165, 1.54) is 152 Å². The molecule has 7 aromatic rings. The Bertz CT molecular complexity index is 2610. The van der Waals surface area contributed by atoms with Crippen LogP contribution in [-0.4, -0.2) is 28.2 Å². The molecule has 0 radical (unpaired) electrons. The van der Waals surface area contributed by atoms with Crippen LogP contribution in [0.3, 0.4) is 0 Å². The Morgan fingerprint density at radius 3 is 1.19 bits per heavy atom. The van der Waals surface area contributed by atoms with Gasteiger partial charge >= 0.3 is 0 Å². The Kier molecular flexibility index (Phi) is 9.92. The Balaban J connectivity index is 1.20. The largest absolute Gasteiger partial charge is 0.338 e. The fourth-order valence-corrected chi connectivity index (χ4v) is 14.7. The molecule has 0 spiro atoms. The first-order valence-electron chi connectivity index (χ1n) is 24.0. The smallest absolute Gasteiger partial charge is 0.0775 e. The number of anilines is 4. The van der Waals surface area contributed by atoms with Gasteiger partial charge in [-0.15, -0.1) is 0 Å². The first kappa shape index (κ1) is 39.9. The third-order valence-electron chi connectivity index (χ3n) is 15.6. The van der Waals surface area contributed by atoms with Gasteiger partial charge in [0.2, 0.25) is 0 Å². The van der Waals surface area contributed by atoms with Gasteiger partial charge in [0.1, 0.15) is 0 Å². The second-order valence-electron chi connectivity index (χ2n) is 21.5. The molecule has 0 bridgehead atoms. The number of nitrogens with zero attached hydrogens (tertiary/aromatic N) is 2. The fraction of sp³-hybridized carbons (Fsp3) is 0.345. The van der Waals surface area contributed by atoms with Crippen molar-refractivity contribution in [3.63, 3.8) is 0 Å². The number of para-hydroxylation sites is 2. The van der Waals surface area contributed by atoms with Crippen LogP contribution in [0.15, 0.2) is 133 Å². The predicted octanol–water partition coefficient (Wildman–Crippen LogP) is 14.9. The van der Waals surface area contributed by atoms with E-state index in [1.807, 2.05) is 0 Å². The zero-order valence-electron chi connectivity index (χ0n) is 38.0. The van der Waals surface area contributed by atoms with Gasteiger partial charge in [-0.2, -0.15) is 0 Å². The van der Waals surface area contributed by atoms with Crippen LogP contribution in [-0.2, 0) is 12.8 Å². The molecule has 314 valence electrons. The van der Waals surface area contributed by atoms with Crippen molar-refractivity contribution < 1.29 is 0 Å². The number of fused-ring (bicyclic) bond motifs is 6. The first-order valence-corrected chi connectivity index (χ1v) is 31.0. The Morgan fingerprint density at radius 1 is 0.403 bits per heavy atom. The average molecular weight is 845 g/mol. The number of rotatable bonds is 6. The van der Waals surface area contributed by atoms with Crippen molar-refractivity contribution in [3.8, 4) is 22.3 Å². The van der Waals surface area contributed by atoms with Crippen LogP contribution in [0.2, 0.25) is 39.3 Å². The van der Waals surface area contributed by atoms with E-state index in [0.717, 1.165) is 0 Å². The third-order valence-corrected chi connectivity index (χ3v) is 19.7. The van der Waals surface area contributed by atoms with Gasteiger partial charge in [-0.1, -0.05) is 172 Å². The van der Waals surface area contributed by atoms with Gasteiger partial charge in [-0.3, -0.25) is 0 Å². The molecule has 0 N–H and O–H groups in total. The van der Waals surface area contributed by atoms with E-state index in [4.69, 9.17) is 0 Å². The van der Waals surface area contributed by atoms with Crippen LogP contribution < -0.4 is 20.2 Å². The predicted molar refractivity (Wildman–Crippen MR) is 274 cm³/mol. The van der Waals surface area contributed by atoms with Crippen molar-refractivity contribution in [2.75, 3.05) is 9.80 Å². The van der Waals surface area contributed by atoms with Gasteiger partial charge in [0, 0.05) is 34.8 Å². The molecular formula is C58H64N2Si2. The standard InChI is InChI=1S/C58H64N2Si2/c1-61(2,3)47-29-23-39(24-30-47)57-49-33-27-46(60-55-21-13-9-17-43(55)36-44-18-10-14-22-56(44)60)38-52(49)58(40-25-31-48(32-26-40)62(4,5)6)50-34-28-45(37-51(50)57)59-53-19-11-7-15-41(53)35-42-16-8-12-20-54(42)59/h7,9,11,13,15,17,19,21,23-34,37-38,42,44,54,56H,8,10,12,14,16,18,20,22,35-36H2,1-6H3. The molecule has 0 amide bonds. The third kappa shape index (κ3) is 6.88. The summed E-state index contributed by atoms with van der Waals surface area (Å²) in [5, 5.41) is 8.44. The second kappa shape index (κ2) is 15.4. The second-order valence-corrected chi connectivity index (χ2v) is 31.6. The van der Waals surface area contributed by atoms with Gasteiger partial charge in [-0.25, -0.2) is 0 Å². The molecule has 4 heteroatoms. The van der Waals surface area contributed by atoms with Crippen molar-refractivity contribution in [1.82, 2.24) is 0 Å². The van der Waals surface area contributed by atoms with Crippen LogP contribution in [0.5, 0.6) is 0 Å². The van der Waals surface area contributed by atoms with Crippen molar-refractivity contribution in [3.05, 3.63) is 145 Å². The molecule has 2 aliphatic heterocycles. The lowest BCUT2D eigenvalue weighted by Crippen LogP contribution is -2.44. The highest BCUT2D eigenvalue weighted by Crippen LogP contribution is 2.51. The summed E-state index contributed by atoms with van der Waals surface area (Å²) >= 11 is 0. The monoisotopic (exact) mass is 844 g/mol. The molecule has 4 atom stereocenters. The minimum atomic E-state index is -1.50. The van der Waals surface area contributed by atoms with Crippen molar-refractivity contribution in [2.45, 2.75) is 116 Å². The minimum Gasteiger partial charge on any atom is -0.338 e. The average Bonchev–Trinajstić information content (AvgIpc) is 3.28. The first-order chi connectivity index (χ1) is 30.0. The summed E-state index contributed by atoms with van der Waals surface area (Å²) in [6.45, 7) is 14.8. The summed E-state index contributed by atoms with van der Waals surface area (Å²) in [5.41, 5.74) is 13.9. The summed E-state index contributed by atoms with van der Waals surface area (Å²) in [4.78, 5) is 5.54. The van der Waals surface area contributed by atoms with Gasteiger partial charge < -0.3 is 9.80 Å². The lowest BCUT2D eigenvalue weighted by Gasteiger charge is -2.46. The molecule has 7 aromatic carbocycles. The molecular weight excluding hydrogens is 781 g/mol. The topological polar surface area (TPSA) is 6.48 Å². The van der Waals surface area contributed by atoms with Crippen molar-refractivity contribution in [1.29, 1.82) is 0 Å². The van der Waals surface area contributed by atoms with Crippen LogP contribution in [0.25, 0.3) is 43.8 Å². The van der Waals surface area contributed by atoms with Gasteiger partial charge in [0.25, 0.3) is 0 Å². The number of benzene rings is 7. The number of hydrogen-bond acceptors (Lipinski definition) is 2. The highest BCUT2D eigenvalue weighted by atomic mass is 28.3. The van der Waals surface area contributed by atoms with Gasteiger partial charge in [-0.05, 0) is 142 Å². The summed E-state index contributed by atoms with van der Waals surface area (Å²) < 4.78 is 0.